The number of nitrogens with one attached hydrogen (secondary N) is 1. The van der Waals surface area contributed by atoms with Crippen molar-refractivity contribution >= 4 is 40.6 Å². The molecule has 1 aliphatic rings. The molecule has 1 aliphatic heterocycles. The maximum Gasteiger partial charge on any atom is 0.294 e. The van der Waals surface area contributed by atoms with E-state index in [1.54, 1.807) is 0 Å². The standard InChI is InChI=1S/C22H22N2O6S/c1-12-5-6-13(2)15(7-12)23-19(25)11-24-21(27)18(31-22(24)28)10-14-8-16(29-3)20(26)17(9-14)30-4/h5-10,26H,11H2,1-4H3,(H,23,25)/b18-10+. The second kappa shape index (κ2) is 9.13. The van der Waals surface area contributed by atoms with Gasteiger partial charge in [-0.3, -0.25) is 19.3 Å². The molecule has 0 radical (unpaired) electrons. The summed E-state index contributed by atoms with van der Waals surface area (Å²) in [5, 5.41) is 12.2. The molecule has 162 valence electrons. The predicted octanol–water partition coefficient (Wildman–Crippen LogP) is 3.70. The number of rotatable bonds is 6. The van der Waals surface area contributed by atoms with Gasteiger partial charge in [-0.1, -0.05) is 12.1 Å². The van der Waals surface area contributed by atoms with Crippen LogP contribution in [0.2, 0.25) is 0 Å². The van der Waals surface area contributed by atoms with Crippen LogP contribution in [0.3, 0.4) is 0 Å². The molecule has 0 aromatic heterocycles. The van der Waals surface area contributed by atoms with Crippen LogP contribution >= 0.6 is 11.8 Å². The van der Waals surface area contributed by atoms with Crippen molar-refractivity contribution in [1.82, 2.24) is 4.90 Å². The second-order valence-electron chi connectivity index (χ2n) is 6.91. The van der Waals surface area contributed by atoms with Crippen molar-refractivity contribution in [2.24, 2.45) is 0 Å². The topological polar surface area (TPSA) is 105 Å². The van der Waals surface area contributed by atoms with Gasteiger partial charge >= 0.3 is 0 Å². The maximum atomic E-state index is 12.7. The third kappa shape index (κ3) is 4.83. The van der Waals surface area contributed by atoms with Gasteiger partial charge in [0.1, 0.15) is 6.54 Å². The van der Waals surface area contributed by atoms with E-state index < -0.39 is 23.6 Å². The highest BCUT2D eigenvalue weighted by Crippen LogP contribution is 2.39. The van der Waals surface area contributed by atoms with E-state index in [4.69, 9.17) is 9.47 Å². The summed E-state index contributed by atoms with van der Waals surface area (Å²) in [4.78, 5) is 38.6. The van der Waals surface area contributed by atoms with Gasteiger partial charge in [-0.15, -0.1) is 0 Å². The van der Waals surface area contributed by atoms with Crippen molar-refractivity contribution in [1.29, 1.82) is 0 Å². The Balaban J connectivity index is 1.78. The summed E-state index contributed by atoms with van der Waals surface area (Å²) >= 11 is 0.736. The second-order valence-corrected chi connectivity index (χ2v) is 7.90. The zero-order valence-electron chi connectivity index (χ0n) is 17.5. The van der Waals surface area contributed by atoms with Crippen molar-refractivity contribution in [3.63, 3.8) is 0 Å². The Morgan fingerprint density at radius 3 is 2.39 bits per heavy atom. The number of hydrogen-bond acceptors (Lipinski definition) is 7. The van der Waals surface area contributed by atoms with Crippen LogP contribution in [-0.4, -0.2) is 47.8 Å². The summed E-state index contributed by atoms with van der Waals surface area (Å²) in [5.41, 5.74) is 2.99. The minimum Gasteiger partial charge on any atom is -0.502 e. The van der Waals surface area contributed by atoms with Crippen LogP contribution in [0.4, 0.5) is 10.5 Å². The van der Waals surface area contributed by atoms with Crippen molar-refractivity contribution in [3.05, 3.63) is 51.9 Å². The summed E-state index contributed by atoms with van der Waals surface area (Å²) in [6.07, 6.45) is 1.48. The number of amides is 3. The SMILES string of the molecule is COc1cc(/C=C2/SC(=O)N(CC(=O)Nc3cc(C)ccc3C)C2=O)cc(OC)c1O. The fourth-order valence-electron chi connectivity index (χ4n) is 2.99. The normalized spacial score (nSPS) is 14.8. The predicted molar refractivity (Wildman–Crippen MR) is 118 cm³/mol. The number of benzene rings is 2. The molecule has 1 heterocycles. The third-order valence-electron chi connectivity index (χ3n) is 4.64. The van der Waals surface area contributed by atoms with Crippen LogP contribution in [-0.2, 0) is 9.59 Å². The summed E-state index contributed by atoms with van der Waals surface area (Å²) in [7, 11) is 2.78. The van der Waals surface area contributed by atoms with Crippen LogP contribution in [0.25, 0.3) is 6.08 Å². The number of phenolic OH excluding ortho intramolecular Hbond substituents is 1. The molecule has 3 rings (SSSR count). The lowest BCUT2D eigenvalue weighted by molar-refractivity contribution is -0.127. The van der Waals surface area contributed by atoms with E-state index >= 15 is 0 Å². The Morgan fingerprint density at radius 2 is 1.77 bits per heavy atom. The Hall–Kier alpha value is -3.46. The molecular formula is C22H22N2O6S. The highest BCUT2D eigenvalue weighted by atomic mass is 32.2. The highest BCUT2D eigenvalue weighted by Gasteiger charge is 2.36. The van der Waals surface area contributed by atoms with Gasteiger partial charge in [0.2, 0.25) is 11.7 Å². The van der Waals surface area contributed by atoms with Crippen molar-refractivity contribution in [3.8, 4) is 17.2 Å². The highest BCUT2D eigenvalue weighted by molar-refractivity contribution is 8.18. The molecule has 0 unspecified atom stereocenters. The molecule has 8 nitrogen and oxygen atoms in total. The number of hydrogen-bond donors (Lipinski definition) is 2. The molecule has 2 aromatic rings. The number of imide groups is 1. The molecule has 1 saturated heterocycles. The minimum atomic E-state index is -0.572. The number of carbonyl (C=O) groups excluding carboxylic acids is 3. The van der Waals surface area contributed by atoms with Crippen LogP contribution in [0.1, 0.15) is 16.7 Å². The third-order valence-corrected chi connectivity index (χ3v) is 5.55. The number of thioether (sulfide) groups is 1. The first-order valence-electron chi connectivity index (χ1n) is 9.31. The monoisotopic (exact) mass is 442 g/mol. The fourth-order valence-corrected chi connectivity index (χ4v) is 3.83. The summed E-state index contributed by atoms with van der Waals surface area (Å²) < 4.78 is 10.2. The zero-order chi connectivity index (χ0) is 22.7. The molecule has 31 heavy (non-hydrogen) atoms. The number of carbonyl (C=O) groups is 3. The Labute approximate surface area is 183 Å². The number of ether oxygens (including phenoxy) is 2. The van der Waals surface area contributed by atoms with Gasteiger partial charge in [0, 0.05) is 5.69 Å². The van der Waals surface area contributed by atoms with E-state index in [9.17, 15) is 19.5 Å². The van der Waals surface area contributed by atoms with Gasteiger partial charge in [-0.05, 0) is 66.6 Å². The number of methoxy groups -OCH3 is 2. The minimum absolute atomic E-state index is 0.152. The van der Waals surface area contributed by atoms with E-state index in [1.807, 2.05) is 32.0 Å². The molecule has 0 aliphatic carbocycles. The number of aryl methyl sites for hydroxylation is 2. The molecular weight excluding hydrogens is 420 g/mol. The van der Waals surface area contributed by atoms with Gasteiger partial charge in [0.15, 0.2) is 11.5 Å². The first kappa shape index (κ1) is 22.2. The number of phenols is 1. The van der Waals surface area contributed by atoms with E-state index in [0.29, 0.717) is 11.3 Å². The first-order chi connectivity index (χ1) is 14.7. The van der Waals surface area contributed by atoms with E-state index in [1.165, 1.54) is 32.4 Å². The van der Waals surface area contributed by atoms with Crippen LogP contribution < -0.4 is 14.8 Å². The summed E-state index contributed by atoms with van der Waals surface area (Å²) in [6, 6.07) is 8.66. The van der Waals surface area contributed by atoms with Crippen LogP contribution in [0, 0.1) is 13.8 Å². The van der Waals surface area contributed by atoms with Crippen molar-refractivity contribution < 1.29 is 29.0 Å². The smallest absolute Gasteiger partial charge is 0.294 e. The number of aromatic hydroxyl groups is 1. The maximum absolute atomic E-state index is 12.7. The molecule has 2 N–H and O–H groups in total. The Morgan fingerprint density at radius 1 is 1.13 bits per heavy atom. The number of nitrogens with zero attached hydrogens (tertiary/aromatic N) is 1. The average Bonchev–Trinajstić information content (AvgIpc) is 2.99. The van der Waals surface area contributed by atoms with Crippen molar-refractivity contribution in [2.45, 2.75) is 13.8 Å². The molecule has 0 saturated carbocycles. The van der Waals surface area contributed by atoms with Crippen molar-refractivity contribution in [2.75, 3.05) is 26.1 Å². The lowest BCUT2D eigenvalue weighted by atomic mass is 10.1. The largest absolute Gasteiger partial charge is 0.502 e. The van der Waals surface area contributed by atoms with E-state index in [-0.39, 0.29) is 22.2 Å². The summed E-state index contributed by atoms with van der Waals surface area (Å²) in [6.45, 7) is 3.37. The lowest BCUT2D eigenvalue weighted by Crippen LogP contribution is -2.36. The van der Waals surface area contributed by atoms with Gasteiger partial charge < -0.3 is 19.9 Å². The van der Waals surface area contributed by atoms with Gasteiger partial charge in [-0.25, -0.2) is 0 Å². The van der Waals surface area contributed by atoms with E-state index in [0.717, 1.165) is 27.8 Å². The number of anilines is 1. The lowest BCUT2D eigenvalue weighted by Gasteiger charge is -2.14. The molecule has 9 heteroatoms. The molecule has 1 fully saturated rings. The fraction of sp³-hybridized carbons (Fsp3) is 0.227. The van der Waals surface area contributed by atoms with Gasteiger partial charge in [0.25, 0.3) is 11.1 Å². The Bertz CT molecular complexity index is 1070. The molecule has 0 spiro atoms. The van der Waals surface area contributed by atoms with Crippen LogP contribution in [0.5, 0.6) is 17.2 Å². The quantitative estimate of drug-likeness (QED) is 0.657. The molecule has 2 aromatic carbocycles. The van der Waals surface area contributed by atoms with Crippen LogP contribution in [0.15, 0.2) is 35.2 Å². The molecule has 3 amide bonds. The average molecular weight is 442 g/mol. The van der Waals surface area contributed by atoms with Gasteiger partial charge in [-0.2, -0.15) is 0 Å². The molecule has 0 bridgehead atoms. The zero-order valence-corrected chi connectivity index (χ0v) is 18.3. The summed E-state index contributed by atoms with van der Waals surface area (Å²) in [5.74, 6) is -0.879. The Kier molecular flexibility index (Phi) is 6.55. The first-order valence-corrected chi connectivity index (χ1v) is 10.1. The van der Waals surface area contributed by atoms with Gasteiger partial charge in [0.05, 0.1) is 19.1 Å². The van der Waals surface area contributed by atoms with E-state index in [2.05, 4.69) is 5.32 Å². The molecule has 0 atom stereocenters.